The lowest BCUT2D eigenvalue weighted by molar-refractivity contribution is 0.468. The highest BCUT2D eigenvalue weighted by atomic mass is 32.2. The van der Waals surface area contributed by atoms with Crippen molar-refractivity contribution in [2.75, 3.05) is 11.5 Å². The Bertz CT molecular complexity index is 728. The summed E-state index contributed by atoms with van der Waals surface area (Å²) >= 11 is 1.41. The molecule has 0 unspecified atom stereocenters. The molecule has 1 N–H and O–H groups in total. The molecule has 9 heteroatoms. The molecule has 21 heavy (non-hydrogen) atoms. The van der Waals surface area contributed by atoms with Crippen LogP contribution in [0.4, 0.5) is 0 Å². The summed E-state index contributed by atoms with van der Waals surface area (Å²) in [6, 6.07) is 4.53. The van der Waals surface area contributed by atoms with Crippen LogP contribution >= 0.6 is 11.8 Å². The predicted octanol–water partition coefficient (Wildman–Crippen LogP) is 1.18. The van der Waals surface area contributed by atoms with Crippen molar-refractivity contribution >= 4 is 21.6 Å². The zero-order valence-corrected chi connectivity index (χ0v) is 13.4. The van der Waals surface area contributed by atoms with E-state index in [4.69, 9.17) is 0 Å². The number of tetrazole rings is 1. The molecule has 0 fully saturated rings. The van der Waals surface area contributed by atoms with Crippen molar-refractivity contribution in [1.82, 2.24) is 20.2 Å². The standard InChI is InChI=1S/C12H16N4O3S2/c1-9-10(17)5-3-6-11(9)21(18,19)8-4-7-20-12-13-14-15-16(12)2/h3,5-6,17H,4,7-8H2,1-2H3. The minimum absolute atomic E-state index is 0.00407. The van der Waals surface area contributed by atoms with E-state index >= 15 is 0 Å². The predicted molar refractivity (Wildman–Crippen MR) is 79.0 cm³/mol. The minimum Gasteiger partial charge on any atom is -0.508 e. The largest absolute Gasteiger partial charge is 0.508 e. The van der Waals surface area contributed by atoms with Gasteiger partial charge >= 0.3 is 0 Å². The molecular formula is C12H16N4O3S2. The first-order valence-corrected chi connectivity index (χ1v) is 8.92. The SMILES string of the molecule is Cc1c(O)cccc1S(=O)(=O)CCCSc1nnnn1C. The Labute approximate surface area is 127 Å². The molecule has 0 bridgehead atoms. The third-order valence-corrected chi connectivity index (χ3v) is 6.00. The Morgan fingerprint density at radius 2 is 2.14 bits per heavy atom. The highest BCUT2D eigenvalue weighted by Gasteiger charge is 2.18. The Balaban J connectivity index is 1.96. The van der Waals surface area contributed by atoms with Crippen LogP contribution in [0.2, 0.25) is 0 Å². The number of aromatic nitrogens is 4. The molecular weight excluding hydrogens is 312 g/mol. The Kier molecular flexibility index (Phi) is 4.84. The molecule has 0 radical (unpaired) electrons. The lowest BCUT2D eigenvalue weighted by Gasteiger charge is -2.08. The molecule has 2 aromatic rings. The molecule has 0 saturated heterocycles. The van der Waals surface area contributed by atoms with Crippen molar-refractivity contribution in [3.8, 4) is 5.75 Å². The molecule has 0 amide bonds. The Morgan fingerprint density at radius 1 is 1.38 bits per heavy atom. The number of phenols is 1. The average molecular weight is 328 g/mol. The first-order chi connectivity index (χ1) is 9.92. The van der Waals surface area contributed by atoms with Crippen LogP contribution in [0, 0.1) is 6.92 Å². The van der Waals surface area contributed by atoms with E-state index in [9.17, 15) is 13.5 Å². The van der Waals surface area contributed by atoms with Gasteiger partial charge < -0.3 is 5.11 Å². The second kappa shape index (κ2) is 6.44. The van der Waals surface area contributed by atoms with E-state index in [1.165, 1.54) is 30.0 Å². The van der Waals surface area contributed by atoms with Gasteiger partial charge in [0, 0.05) is 18.4 Å². The summed E-state index contributed by atoms with van der Waals surface area (Å²) in [6.07, 6.45) is 0.481. The lowest BCUT2D eigenvalue weighted by atomic mass is 10.2. The van der Waals surface area contributed by atoms with Gasteiger partial charge in [-0.15, -0.1) is 5.10 Å². The summed E-state index contributed by atoms with van der Waals surface area (Å²) in [5, 5.41) is 21.3. The van der Waals surface area contributed by atoms with Crippen molar-refractivity contribution in [3.63, 3.8) is 0 Å². The van der Waals surface area contributed by atoms with Gasteiger partial charge in [-0.1, -0.05) is 17.8 Å². The molecule has 1 aromatic carbocycles. The summed E-state index contributed by atoms with van der Waals surface area (Å²) < 4.78 is 26.1. The number of benzene rings is 1. The van der Waals surface area contributed by atoms with Gasteiger partial charge in [-0.2, -0.15) is 0 Å². The molecule has 1 aromatic heterocycles. The third-order valence-electron chi connectivity index (χ3n) is 2.96. The normalized spacial score (nSPS) is 11.7. The van der Waals surface area contributed by atoms with Crippen LogP contribution in [0.5, 0.6) is 5.75 Å². The van der Waals surface area contributed by atoms with Crippen LogP contribution < -0.4 is 0 Å². The van der Waals surface area contributed by atoms with Gasteiger partial charge in [0.2, 0.25) is 5.16 Å². The fraction of sp³-hybridized carbons (Fsp3) is 0.417. The number of nitrogens with zero attached hydrogens (tertiary/aromatic N) is 4. The van der Waals surface area contributed by atoms with Gasteiger partial charge in [0.15, 0.2) is 9.84 Å². The lowest BCUT2D eigenvalue weighted by Crippen LogP contribution is -2.09. The fourth-order valence-corrected chi connectivity index (χ4v) is 4.38. The van der Waals surface area contributed by atoms with Crippen molar-refractivity contribution in [2.24, 2.45) is 7.05 Å². The van der Waals surface area contributed by atoms with E-state index in [-0.39, 0.29) is 16.4 Å². The third kappa shape index (κ3) is 3.73. The molecule has 7 nitrogen and oxygen atoms in total. The highest BCUT2D eigenvalue weighted by molar-refractivity contribution is 7.99. The van der Waals surface area contributed by atoms with Crippen molar-refractivity contribution in [3.05, 3.63) is 23.8 Å². The molecule has 0 aliphatic heterocycles. The highest BCUT2D eigenvalue weighted by Crippen LogP contribution is 2.25. The second-order valence-corrected chi connectivity index (χ2v) is 7.65. The summed E-state index contributed by atoms with van der Waals surface area (Å²) in [4.78, 5) is 0.188. The van der Waals surface area contributed by atoms with E-state index in [1.807, 2.05) is 0 Å². The smallest absolute Gasteiger partial charge is 0.209 e. The van der Waals surface area contributed by atoms with Crippen molar-refractivity contribution in [2.45, 2.75) is 23.4 Å². The molecule has 0 spiro atoms. The molecule has 0 aliphatic rings. The molecule has 0 saturated carbocycles. The van der Waals surface area contributed by atoms with Gasteiger partial charge in [-0.3, -0.25) is 0 Å². The zero-order valence-electron chi connectivity index (χ0n) is 11.7. The number of sulfone groups is 1. The Morgan fingerprint density at radius 3 is 2.81 bits per heavy atom. The van der Waals surface area contributed by atoms with Crippen LogP contribution in [0.15, 0.2) is 28.3 Å². The molecule has 0 aliphatic carbocycles. The monoisotopic (exact) mass is 328 g/mol. The van der Waals surface area contributed by atoms with E-state index in [1.54, 1.807) is 18.7 Å². The van der Waals surface area contributed by atoms with Gasteiger partial charge in [-0.25, -0.2) is 13.1 Å². The van der Waals surface area contributed by atoms with Crippen LogP contribution in [0.25, 0.3) is 0 Å². The number of thioether (sulfide) groups is 1. The molecule has 2 rings (SSSR count). The number of rotatable bonds is 6. The van der Waals surface area contributed by atoms with Crippen LogP contribution in [0.3, 0.4) is 0 Å². The van der Waals surface area contributed by atoms with Crippen LogP contribution in [-0.4, -0.2) is 45.2 Å². The van der Waals surface area contributed by atoms with E-state index in [0.29, 0.717) is 22.9 Å². The summed E-state index contributed by atoms with van der Waals surface area (Å²) in [7, 11) is -1.67. The average Bonchev–Trinajstić information content (AvgIpc) is 2.83. The maximum absolute atomic E-state index is 12.3. The fourth-order valence-electron chi connectivity index (χ4n) is 1.81. The van der Waals surface area contributed by atoms with E-state index < -0.39 is 9.84 Å². The first-order valence-electron chi connectivity index (χ1n) is 6.28. The summed E-state index contributed by atoms with van der Waals surface area (Å²) in [5.41, 5.74) is 0.391. The van der Waals surface area contributed by atoms with E-state index in [0.717, 1.165) is 0 Å². The molecule has 0 atom stereocenters. The zero-order chi connectivity index (χ0) is 15.5. The van der Waals surface area contributed by atoms with Gasteiger partial charge in [0.1, 0.15) is 5.75 Å². The van der Waals surface area contributed by atoms with Gasteiger partial charge in [0.05, 0.1) is 10.6 Å². The summed E-state index contributed by atoms with van der Waals surface area (Å²) in [6.45, 7) is 1.60. The van der Waals surface area contributed by atoms with Crippen LogP contribution in [-0.2, 0) is 16.9 Å². The second-order valence-electron chi connectivity index (χ2n) is 4.51. The number of hydrogen-bond donors (Lipinski definition) is 1. The topological polar surface area (TPSA) is 98.0 Å². The quantitative estimate of drug-likeness (QED) is 0.628. The summed E-state index contributed by atoms with van der Waals surface area (Å²) in [5.74, 6) is 0.622. The minimum atomic E-state index is -3.40. The number of phenolic OH excluding ortho intramolecular Hbond substituents is 1. The van der Waals surface area contributed by atoms with Gasteiger partial charge in [-0.05, 0) is 35.9 Å². The van der Waals surface area contributed by atoms with Crippen molar-refractivity contribution in [1.29, 1.82) is 0 Å². The maximum Gasteiger partial charge on any atom is 0.209 e. The van der Waals surface area contributed by atoms with Crippen LogP contribution in [0.1, 0.15) is 12.0 Å². The maximum atomic E-state index is 12.3. The van der Waals surface area contributed by atoms with Gasteiger partial charge in [0.25, 0.3) is 0 Å². The van der Waals surface area contributed by atoms with E-state index in [2.05, 4.69) is 15.5 Å². The molecule has 114 valence electrons. The Hall–Kier alpha value is -1.61. The molecule has 1 heterocycles. The van der Waals surface area contributed by atoms with Crippen molar-refractivity contribution < 1.29 is 13.5 Å². The number of aromatic hydroxyl groups is 1. The first kappa shape index (κ1) is 15.8. The number of aryl methyl sites for hydroxylation is 1. The number of hydrogen-bond acceptors (Lipinski definition) is 7.